The van der Waals surface area contributed by atoms with Crippen molar-refractivity contribution < 1.29 is 4.52 Å². The van der Waals surface area contributed by atoms with Gasteiger partial charge in [0.15, 0.2) is 5.69 Å². The van der Waals surface area contributed by atoms with E-state index >= 15 is 0 Å². The van der Waals surface area contributed by atoms with Gasteiger partial charge in [-0.15, -0.1) is 5.10 Å². The van der Waals surface area contributed by atoms with Crippen molar-refractivity contribution in [3.05, 3.63) is 65.4 Å². The molecule has 0 fully saturated rings. The molecule has 0 aliphatic carbocycles. The van der Waals surface area contributed by atoms with E-state index in [0.29, 0.717) is 17.4 Å². The number of aryl methyl sites for hydroxylation is 2. The summed E-state index contributed by atoms with van der Waals surface area (Å²) in [7, 11) is 0. The zero-order chi connectivity index (χ0) is 18.1. The minimum Gasteiger partial charge on any atom is -0.332 e. The summed E-state index contributed by atoms with van der Waals surface area (Å²) >= 11 is 0. The highest BCUT2D eigenvalue weighted by atomic mass is 16.5. The fourth-order valence-corrected chi connectivity index (χ4v) is 2.90. The highest BCUT2D eigenvalue weighted by Crippen LogP contribution is 2.25. The maximum absolute atomic E-state index is 5.45. The molecule has 0 bridgehead atoms. The van der Waals surface area contributed by atoms with Gasteiger partial charge in [-0.05, 0) is 43.5 Å². The number of benzene rings is 2. The molecule has 2 aromatic carbocycles. The van der Waals surface area contributed by atoms with Crippen LogP contribution in [-0.2, 0) is 6.42 Å². The first-order valence-electron chi connectivity index (χ1n) is 8.59. The second kappa shape index (κ2) is 6.55. The van der Waals surface area contributed by atoms with Crippen LogP contribution in [-0.4, -0.2) is 25.1 Å². The molecule has 130 valence electrons. The predicted molar refractivity (Wildman–Crippen MR) is 98.9 cm³/mol. The molecule has 6 nitrogen and oxygen atoms in total. The van der Waals surface area contributed by atoms with E-state index in [4.69, 9.17) is 4.52 Å². The Kier molecular flexibility index (Phi) is 4.08. The summed E-state index contributed by atoms with van der Waals surface area (Å²) in [6.07, 6.45) is 1.01. The summed E-state index contributed by atoms with van der Waals surface area (Å²) in [6, 6.07) is 16.2. The average molecular weight is 345 g/mol. The van der Waals surface area contributed by atoms with E-state index in [1.54, 1.807) is 4.68 Å². The van der Waals surface area contributed by atoms with Gasteiger partial charge in [-0.3, -0.25) is 0 Å². The van der Waals surface area contributed by atoms with Crippen LogP contribution in [0.5, 0.6) is 0 Å². The van der Waals surface area contributed by atoms with Crippen molar-refractivity contribution in [3.63, 3.8) is 0 Å². The van der Waals surface area contributed by atoms with Crippen LogP contribution in [0.3, 0.4) is 0 Å². The van der Waals surface area contributed by atoms with Crippen LogP contribution >= 0.6 is 0 Å². The number of rotatable bonds is 4. The standard InChI is InChI=1S/C20H19N5O/c1-4-15-9-11-16(12-10-15)25-14(3)18(22-24-25)20-21-19(23-26-20)17-8-6-5-7-13(17)2/h5-12H,4H2,1-3H3. The zero-order valence-electron chi connectivity index (χ0n) is 15.0. The average Bonchev–Trinajstić information content (AvgIpc) is 3.29. The molecule has 0 aliphatic heterocycles. The largest absolute Gasteiger partial charge is 0.332 e. The van der Waals surface area contributed by atoms with Gasteiger partial charge in [-0.25, -0.2) is 4.68 Å². The summed E-state index contributed by atoms with van der Waals surface area (Å²) in [5.74, 6) is 0.927. The van der Waals surface area contributed by atoms with E-state index in [1.807, 2.05) is 50.2 Å². The van der Waals surface area contributed by atoms with Crippen molar-refractivity contribution in [2.75, 3.05) is 0 Å². The lowest BCUT2D eigenvalue weighted by Gasteiger charge is -2.04. The topological polar surface area (TPSA) is 69.6 Å². The first-order chi connectivity index (χ1) is 12.7. The molecule has 4 aromatic rings. The lowest BCUT2D eigenvalue weighted by molar-refractivity contribution is 0.430. The van der Waals surface area contributed by atoms with E-state index in [0.717, 1.165) is 28.9 Å². The van der Waals surface area contributed by atoms with Gasteiger partial charge in [0.05, 0.1) is 11.4 Å². The lowest BCUT2D eigenvalue weighted by atomic mass is 10.1. The van der Waals surface area contributed by atoms with E-state index in [2.05, 4.69) is 39.5 Å². The second-order valence-corrected chi connectivity index (χ2v) is 6.19. The fraction of sp³-hybridized carbons (Fsp3) is 0.200. The summed E-state index contributed by atoms with van der Waals surface area (Å²) < 4.78 is 7.23. The Morgan fingerprint density at radius 3 is 2.50 bits per heavy atom. The Hall–Kier alpha value is -3.28. The molecule has 4 rings (SSSR count). The molecule has 0 amide bonds. The Morgan fingerprint density at radius 2 is 1.77 bits per heavy atom. The highest BCUT2D eigenvalue weighted by Gasteiger charge is 2.19. The van der Waals surface area contributed by atoms with Crippen LogP contribution in [0.4, 0.5) is 0 Å². The van der Waals surface area contributed by atoms with Crippen molar-refractivity contribution in [3.8, 4) is 28.7 Å². The number of hydrogen-bond donors (Lipinski definition) is 0. The van der Waals surface area contributed by atoms with Crippen LogP contribution in [0.25, 0.3) is 28.7 Å². The van der Waals surface area contributed by atoms with E-state index in [1.165, 1.54) is 5.56 Å². The molecule has 0 saturated heterocycles. The fourth-order valence-electron chi connectivity index (χ4n) is 2.90. The van der Waals surface area contributed by atoms with Gasteiger partial charge in [0.2, 0.25) is 5.82 Å². The summed E-state index contributed by atoms with van der Waals surface area (Å²) in [5.41, 5.74) is 5.73. The Morgan fingerprint density at radius 1 is 1.00 bits per heavy atom. The number of aromatic nitrogens is 5. The zero-order valence-corrected chi connectivity index (χ0v) is 15.0. The van der Waals surface area contributed by atoms with Crippen LogP contribution in [0.15, 0.2) is 53.1 Å². The van der Waals surface area contributed by atoms with Crippen molar-refractivity contribution >= 4 is 0 Å². The lowest BCUT2D eigenvalue weighted by Crippen LogP contribution is -1.99. The van der Waals surface area contributed by atoms with Gasteiger partial charge in [-0.2, -0.15) is 4.98 Å². The van der Waals surface area contributed by atoms with Gasteiger partial charge in [0.1, 0.15) is 0 Å². The predicted octanol–water partition coefficient (Wildman–Crippen LogP) is 4.16. The minimum absolute atomic E-state index is 0.372. The third-order valence-corrected chi connectivity index (χ3v) is 4.50. The van der Waals surface area contributed by atoms with Gasteiger partial charge in [-0.1, -0.05) is 53.7 Å². The van der Waals surface area contributed by atoms with E-state index < -0.39 is 0 Å². The molecular formula is C20H19N5O. The molecule has 0 atom stereocenters. The maximum Gasteiger partial charge on any atom is 0.280 e. The normalized spacial score (nSPS) is 11.0. The Bertz CT molecular complexity index is 1050. The molecule has 0 N–H and O–H groups in total. The van der Waals surface area contributed by atoms with Gasteiger partial charge in [0.25, 0.3) is 5.89 Å². The van der Waals surface area contributed by atoms with E-state index in [9.17, 15) is 0 Å². The van der Waals surface area contributed by atoms with Crippen molar-refractivity contribution in [1.82, 2.24) is 25.1 Å². The van der Waals surface area contributed by atoms with Crippen LogP contribution in [0.1, 0.15) is 23.7 Å². The van der Waals surface area contributed by atoms with Crippen molar-refractivity contribution in [2.45, 2.75) is 27.2 Å². The summed E-state index contributed by atoms with van der Waals surface area (Å²) in [4.78, 5) is 4.51. The minimum atomic E-state index is 0.372. The molecule has 6 heteroatoms. The molecule has 2 heterocycles. The van der Waals surface area contributed by atoms with Crippen LogP contribution in [0, 0.1) is 13.8 Å². The summed E-state index contributed by atoms with van der Waals surface area (Å²) in [6.45, 7) is 6.10. The molecule has 0 saturated carbocycles. The Balaban J connectivity index is 1.69. The highest BCUT2D eigenvalue weighted by molar-refractivity contribution is 5.62. The molecular weight excluding hydrogens is 326 g/mol. The first-order valence-corrected chi connectivity index (χ1v) is 8.59. The van der Waals surface area contributed by atoms with Crippen LogP contribution in [0.2, 0.25) is 0 Å². The van der Waals surface area contributed by atoms with Gasteiger partial charge in [0, 0.05) is 5.56 Å². The quantitative estimate of drug-likeness (QED) is 0.555. The van der Waals surface area contributed by atoms with Crippen molar-refractivity contribution in [2.24, 2.45) is 0 Å². The van der Waals surface area contributed by atoms with Crippen LogP contribution < -0.4 is 0 Å². The number of nitrogens with zero attached hydrogens (tertiary/aromatic N) is 5. The summed E-state index contributed by atoms with van der Waals surface area (Å²) in [5, 5.41) is 12.6. The van der Waals surface area contributed by atoms with E-state index in [-0.39, 0.29) is 0 Å². The molecule has 0 aliphatic rings. The molecule has 0 radical (unpaired) electrons. The first kappa shape index (κ1) is 16.2. The molecule has 0 unspecified atom stereocenters. The monoisotopic (exact) mass is 345 g/mol. The maximum atomic E-state index is 5.45. The second-order valence-electron chi connectivity index (χ2n) is 6.19. The third-order valence-electron chi connectivity index (χ3n) is 4.50. The SMILES string of the molecule is CCc1ccc(-n2nnc(-c3nc(-c4ccccc4C)no3)c2C)cc1. The van der Waals surface area contributed by atoms with Gasteiger partial charge < -0.3 is 4.52 Å². The molecule has 0 spiro atoms. The van der Waals surface area contributed by atoms with Crippen molar-refractivity contribution in [1.29, 1.82) is 0 Å². The number of hydrogen-bond acceptors (Lipinski definition) is 5. The molecule has 26 heavy (non-hydrogen) atoms. The third kappa shape index (κ3) is 2.79. The Labute approximate surface area is 151 Å². The smallest absolute Gasteiger partial charge is 0.280 e. The molecule has 2 aromatic heterocycles. The van der Waals surface area contributed by atoms with Gasteiger partial charge >= 0.3 is 0 Å².